The Morgan fingerprint density at radius 1 is 1.03 bits per heavy atom. The Bertz CT molecular complexity index is 1090. The Labute approximate surface area is 184 Å². The van der Waals surface area contributed by atoms with Crippen LogP contribution in [0.5, 0.6) is 0 Å². The molecule has 0 aromatic heterocycles. The van der Waals surface area contributed by atoms with Gasteiger partial charge in [-0.3, -0.25) is 9.59 Å². The van der Waals surface area contributed by atoms with Crippen LogP contribution in [0.4, 0.5) is 11.4 Å². The van der Waals surface area contributed by atoms with Crippen molar-refractivity contribution in [1.29, 1.82) is 0 Å². The zero-order valence-corrected chi connectivity index (χ0v) is 19.0. The molecule has 2 N–H and O–H groups in total. The van der Waals surface area contributed by atoms with Crippen LogP contribution < -0.4 is 15.1 Å². The minimum absolute atomic E-state index is 0.0101. The molecule has 1 unspecified atom stereocenters. The van der Waals surface area contributed by atoms with Gasteiger partial charge < -0.3 is 15.1 Å². The Morgan fingerprint density at radius 3 is 2.48 bits per heavy atom. The van der Waals surface area contributed by atoms with E-state index in [0.717, 1.165) is 38.2 Å². The normalized spacial score (nSPS) is 12.9. The Kier molecular flexibility index (Phi) is 7.08. The lowest BCUT2D eigenvalue weighted by Gasteiger charge is -2.28. The highest BCUT2D eigenvalue weighted by molar-refractivity contribution is 6.05. The van der Waals surface area contributed by atoms with Gasteiger partial charge in [-0.05, 0) is 56.3 Å². The summed E-state index contributed by atoms with van der Waals surface area (Å²) in [6, 6.07) is 19.7. The van der Waals surface area contributed by atoms with Crippen molar-refractivity contribution in [1.82, 2.24) is 0 Å². The summed E-state index contributed by atoms with van der Waals surface area (Å²) in [6.45, 7) is 8.62. The van der Waals surface area contributed by atoms with Crippen LogP contribution in [0.3, 0.4) is 0 Å². The molecule has 0 fully saturated rings. The molecular formula is C26H32N3O2+. The Morgan fingerprint density at radius 2 is 1.74 bits per heavy atom. The van der Waals surface area contributed by atoms with E-state index in [-0.39, 0.29) is 24.4 Å². The zero-order valence-electron chi connectivity index (χ0n) is 19.0. The lowest BCUT2D eigenvalue weighted by atomic mass is 10.1. The molecule has 0 saturated carbocycles. The van der Waals surface area contributed by atoms with Crippen molar-refractivity contribution in [2.24, 2.45) is 0 Å². The number of amides is 2. The topological polar surface area (TPSA) is 53.9 Å². The van der Waals surface area contributed by atoms with Gasteiger partial charge in [-0.25, -0.2) is 0 Å². The fourth-order valence-corrected chi connectivity index (χ4v) is 3.80. The van der Waals surface area contributed by atoms with E-state index >= 15 is 0 Å². The van der Waals surface area contributed by atoms with Gasteiger partial charge in [0, 0.05) is 17.6 Å². The van der Waals surface area contributed by atoms with Gasteiger partial charge in [0.15, 0.2) is 12.6 Å². The van der Waals surface area contributed by atoms with E-state index < -0.39 is 0 Å². The number of quaternary nitrogens is 1. The summed E-state index contributed by atoms with van der Waals surface area (Å²) >= 11 is 0. The third-order valence-electron chi connectivity index (χ3n) is 5.86. The standard InChI is InChI=1S/C26H31N3O2/c1-6-29(24-13-9-11-21-10-7-8-12-22(21)24)26(31)20(4)28(5)17-25(30)27-23-16-18(2)14-15-19(23)3/h7-16,20H,6,17H2,1-5H3,(H,27,30)/p+1/t20-/m0/s1. The SMILES string of the molecule is CCN(C(=O)[C@H](C)[NH+](C)CC(=O)Nc1cc(C)ccc1C)c1cccc2ccccc12. The van der Waals surface area contributed by atoms with Gasteiger partial charge >= 0.3 is 0 Å². The van der Waals surface area contributed by atoms with Gasteiger partial charge in [0.2, 0.25) is 0 Å². The van der Waals surface area contributed by atoms with Gasteiger partial charge in [0.1, 0.15) is 0 Å². The highest BCUT2D eigenvalue weighted by atomic mass is 16.2. The number of nitrogens with zero attached hydrogens (tertiary/aromatic N) is 1. The molecular weight excluding hydrogens is 386 g/mol. The summed E-state index contributed by atoms with van der Waals surface area (Å²) in [6.07, 6.45) is 0. The monoisotopic (exact) mass is 418 g/mol. The summed E-state index contributed by atoms with van der Waals surface area (Å²) in [5, 5.41) is 5.15. The first kappa shape index (κ1) is 22.5. The third kappa shape index (κ3) is 5.12. The van der Waals surface area contributed by atoms with Crippen molar-refractivity contribution in [2.75, 3.05) is 30.4 Å². The maximum Gasteiger partial charge on any atom is 0.284 e. The molecule has 2 amide bonds. The van der Waals surface area contributed by atoms with Crippen molar-refractivity contribution in [3.8, 4) is 0 Å². The predicted octanol–water partition coefficient (Wildman–Crippen LogP) is 3.35. The first-order valence-electron chi connectivity index (χ1n) is 10.8. The van der Waals surface area contributed by atoms with E-state index in [1.807, 2.05) is 88.2 Å². The highest BCUT2D eigenvalue weighted by Gasteiger charge is 2.29. The van der Waals surface area contributed by atoms with Crippen LogP contribution in [0.15, 0.2) is 60.7 Å². The molecule has 0 aliphatic heterocycles. The van der Waals surface area contributed by atoms with E-state index in [9.17, 15) is 9.59 Å². The van der Waals surface area contributed by atoms with Gasteiger partial charge in [0.05, 0.1) is 12.7 Å². The summed E-state index contributed by atoms with van der Waals surface area (Å²) in [5.41, 5.74) is 3.85. The molecule has 31 heavy (non-hydrogen) atoms. The van der Waals surface area contributed by atoms with Crippen molar-refractivity contribution in [3.05, 3.63) is 71.8 Å². The fourth-order valence-electron chi connectivity index (χ4n) is 3.80. The van der Waals surface area contributed by atoms with Crippen molar-refractivity contribution in [2.45, 2.75) is 33.7 Å². The van der Waals surface area contributed by atoms with Gasteiger partial charge in [-0.1, -0.05) is 48.5 Å². The van der Waals surface area contributed by atoms with Crippen LogP contribution in [-0.2, 0) is 9.59 Å². The van der Waals surface area contributed by atoms with Crippen molar-refractivity contribution in [3.63, 3.8) is 0 Å². The van der Waals surface area contributed by atoms with Crippen LogP contribution in [0.2, 0.25) is 0 Å². The molecule has 5 nitrogen and oxygen atoms in total. The van der Waals surface area contributed by atoms with E-state index in [2.05, 4.69) is 17.4 Å². The van der Waals surface area contributed by atoms with E-state index in [0.29, 0.717) is 6.54 Å². The number of benzene rings is 3. The molecule has 0 radical (unpaired) electrons. The quantitative estimate of drug-likeness (QED) is 0.618. The molecule has 0 aliphatic rings. The number of aryl methyl sites for hydroxylation is 2. The predicted molar refractivity (Wildman–Crippen MR) is 128 cm³/mol. The van der Waals surface area contributed by atoms with Crippen LogP contribution in [0, 0.1) is 13.8 Å². The molecule has 0 spiro atoms. The van der Waals surface area contributed by atoms with Crippen LogP contribution in [0.25, 0.3) is 10.8 Å². The Balaban J connectivity index is 1.72. The number of rotatable bonds is 7. The highest BCUT2D eigenvalue weighted by Crippen LogP contribution is 2.27. The summed E-state index contributed by atoms with van der Waals surface area (Å²) in [4.78, 5) is 28.7. The minimum atomic E-state index is -0.358. The number of hydrogen-bond donors (Lipinski definition) is 2. The third-order valence-corrected chi connectivity index (χ3v) is 5.86. The molecule has 2 atom stereocenters. The maximum absolute atomic E-state index is 13.4. The molecule has 5 heteroatoms. The molecule has 3 aromatic carbocycles. The first-order chi connectivity index (χ1) is 14.8. The second-order valence-corrected chi connectivity index (χ2v) is 8.19. The lowest BCUT2D eigenvalue weighted by molar-refractivity contribution is -0.885. The first-order valence-corrected chi connectivity index (χ1v) is 10.8. The second kappa shape index (κ2) is 9.75. The van der Waals surface area contributed by atoms with E-state index in [4.69, 9.17) is 0 Å². The molecule has 0 bridgehead atoms. The smallest absolute Gasteiger partial charge is 0.284 e. The number of carbonyl (C=O) groups is 2. The molecule has 0 saturated heterocycles. The number of fused-ring (bicyclic) bond motifs is 1. The number of carbonyl (C=O) groups excluding carboxylic acids is 2. The molecule has 0 heterocycles. The lowest BCUT2D eigenvalue weighted by Crippen LogP contribution is -3.15. The average molecular weight is 419 g/mol. The van der Waals surface area contributed by atoms with Gasteiger partial charge in [-0.2, -0.15) is 0 Å². The molecule has 3 aromatic rings. The number of anilines is 2. The molecule has 0 aliphatic carbocycles. The minimum Gasteiger partial charge on any atom is -0.321 e. The van der Waals surface area contributed by atoms with Crippen molar-refractivity contribution >= 4 is 34.0 Å². The molecule has 3 rings (SSSR count). The second-order valence-electron chi connectivity index (χ2n) is 8.19. The average Bonchev–Trinajstić information content (AvgIpc) is 2.76. The van der Waals surface area contributed by atoms with Crippen LogP contribution in [0.1, 0.15) is 25.0 Å². The summed E-state index contributed by atoms with van der Waals surface area (Å²) in [7, 11) is 1.89. The van der Waals surface area contributed by atoms with E-state index in [1.54, 1.807) is 0 Å². The van der Waals surface area contributed by atoms with Gasteiger partial charge in [-0.15, -0.1) is 0 Å². The molecule has 162 valence electrons. The number of likely N-dealkylation sites (N-methyl/N-ethyl adjacent to an activating group) is 2. The van der Waals surface area contributed by atoms with Crippen LogP contribution in [-0.4, -0.2) is 38.0 Å². The fraction of sp³-hybridized carbons (Fsp3) is 0.308. The van der Waals surface area contributed by atoms with Gasteiger partial charge in [0.25, 0.3) is 11.8 Å². The van der Waals surface area contributed by atoms with E-state index in [1.165, 1.54) is 0 Å². The summed E-state index contributed by atoms with van der Waals surface area (Å²) < 4.78 is 0. The van der Waals surface area contributed by atoms with Crippen LogP contribution >= 0.6 is 0 Å². The van der Waals surface area contributed by atoms with Crippen molar-refractivity contribution < 1.29 is 14.5 Å². The zero-order chi connectivity index (χ0) is 22.5. The number of hydrogen-bond acceptors (Lipinski definition) is 2. The number of nitrogens with one attached hydrogen (secondary N) is 2. The maximum atomic E-state index is 13.4. The Hall–Kier alpha value is -3.18. The summed E-state index contributed by atoms with van der Waals surface area (Å²) in [5.74, 6) is -0.0880. The largest absolute Gasteiger partial charge is 0.321 e.